The Morgan fingerprint density at radius 2 is 2.12 bits per heavy atom. The average molecular weight is 244 g/mol. The van der Waals surface area contributed by atoms with Crippen LogP contribution in [0.5, 0.6) is 0 Å². The number of amides is 1. The van der Waals surface area contributed by atoms with Crippen LogP contribution in [0.4, 0.5) is 18.9 Å². The number of pyridine rings is 1. The molecule has 0 atom stereocenters. The molecule has 2 aromatic rings. The number of fused-ring (bicyclic) bond motifs is 1. The highest BCUT2D eigenvalue weighted by Gasteiger charge is 2.34. The van der Waals surface area contributed by atoms with Gasteiger partial charge in [-0.1, -0.05) is 0 Å². The molecule has 0 radical (unpaired) electrons. The minimum atomic E-state index is -4.53. The molecule has 17 heavy (non-hydrogen) atoms. The van der Waals surface area contributed by atoms with Gasteiger partial charge in [0.05, 0.1) is 5.69 Å². The summed E-state index contributed by atoms with van der Waals surface area (Å²) in [6.07, 6.45) is -3.53. The van der Waals surface area contributed by atoms with Crippen LogP contribution in [0.3, 0.4) is 0 Å². The number of alkyl halides is 3. The van der Waals surface area contributed by atoms with Gasteiger partial charge in [-0.3, -0.25) is 4.79 Å². The van der Waals surface area contributed by atoms with Gasteiger partial charge in [0, 0.05) is 6.92 Å². The Morgan fingerprint density at radius 1 is 1.41 bits per heavy atom. The first-order valence-electron chi connectivity index (χ1n) is 4.57. The number of carbonyl (C=O) groups excluding carboxylic acids is 1. The van der Waals surface area contributed by atoms with Gasteiger partial charge < -0.3 is 5.32 Å². The zero-order valence-corrected chi connectivity index (χ0v) is 8.62. The van der Waals surface area contributed by atoms with Crippen LogP contribution in [0.1, 0.15) is 12.6 Å². The number of nitrogens with one attached hydrogen (secondary N) is 1. The predicted octanol–water partition coefficient (Wildman–Crippen LogP) is 1.71. The van der Waals surface area contributed by atoms with Crippen molar-refractivity contribution in [1.29, 1.82) is 0 Å². The van der Waals surface area contributed by atoms with Gasteiger partial charge >= 0.3 is 6.18 Å². The van der Waals surface area contributed by atoms with Crippen LogP contribution in [-0.4, -0.2) is 20.5 Å². The van der Waals surface area contributed by atoms with Crippen LogP contribution in [0.15, 0.2) is 18.5 Å². The molecular formula is C9H7F3N4O. The molecule has 0 bridgehead atoms. The van der Waals surface area contributed by atoms with Crippen molar-refractivity contribution in [3.63, 3.8) is 0 Å². The van der Waals surface area contributed by atoms with E-state index >= 15 is 0 Å². The molecule has 8 heteroatoms. The molecular weight excluding hydrogens is 237 g/mol. The first-order valence-corrected chi connectivity index (χ1v) is 4.57. The zero-order chi connectivity index (χ0) is 12.6. The third-order valence-electron chi connectivity index (χ3n) is 2.03. The second-order valence-corrected chi connectivity index (χ2v) is 3.31. The average Bonchev–Trinajstić information content (AvgIpc) is 2.63. The quantitative estimate of drug-likeness (QED) is 0.830. The largest absolute Gasteiger partial charge is 0.433 e. The Balaban J connectivity index is 2.63. The fourth-order valence-corrected chi connectivity index (χ4v) is 1.41. The van der Waals surface area contributed by atoms with Gasteiger partial charge in [0.2, 0.25) is 5.91 Å². The molecule has 0 saturated carbocycles. The van der Waals surface area contributed by atoms with Gasteiger partial charge in [0.15, 0.2) is 5.65 Å². The minimum absolute atomic E-state index is 0.0463. The third-order valence-corrected chi connectivity index (χ3v) is 2.03. The lowest BCUT2D eigenvalue weighted by Gasteiger charge is -2.10. The SMILES string of the molecule is CC(=O)Nc1ccc(C(F)(F)F)n2ncnc12. The van der Waals surface area contributed by atoms with Crippen LogP contribution < -0.4 is 5.32 Å². The van der Waals surface area contributed by atoms with Crippen molar-refractivity contribution in [3.8, 4) is 0 Å². The van der Waals surface area contributed by atoms with Gasteiger partial charge in [-0.2, -0.15) is 18.3 Å². The Kier molecular flexibility index (Phi) is 2.49. The molecule has 0 aliphatic carbocycles. The van der Waals surface area contributed by atoms with Crippen LogP contribution in [0, 0.1) is 0 Å². The number of carbonyl (C=O) groups is 1. The van der Waals surface area contributed by atoms with Gasteiger partial charge in [-0.05, 0) is 12.1 Å². The van der Waals surface area contributed by atoms with Crippen LogP contribution in [-0.2, 0) is 11.0 Å². The van der Waals surface area contributed by atoms with Crippen molar-refractivity contribution in [2.45, 2.75) is 13.1 Å². The van der Waals surface area contributed by atoms with Crippen molar-refractivity contribution in [3.05, 3.63) is 24.2 Å². The molecule has 2 rings (SSSR count). The van der Waals surface area contributed by atoms with Gasteiger partial charge in [0.1, 0.15) is 12.0 Å². The lowest BCUT2D eigenvalue weighted by atomic mass is 10.3. The summed E-state index contributed by atoms with van der Waals surface area (Å²) in [6.45, 7) is 1.25. The second-order valence-electron chi connectivity index (χ2n) is 3.31. The van der Waals surface area contributed by atoms with E-state index in [1.165, 1.54) is 6.92 Å². The molecule has 0 saturated heterocycles. The molecule has 0 aromatic carbocycles. The fraction of sp³-hybridized carbons (Fsp3) is 0.222. The molecule has 0 unspecified atom stereocenters. The monoisotopic (exact) mass is 244 g/mol. The molecule has 5 nitrogen and oxygen atoms in total. The van der Waals surface area contributed by atoms with E-state index in [0.717, 1.165) is 18.5 Å². The summed E-state index contributed by atoms with van der Waals surface area (Å²) in [5, 5.41) is 5.87. The molecule has 2 heterocycles. The Hall–Kier alpha value is -2.12. The van der Waals surface area contributed by atoms with Crippen molar-refractivity contribution in [1.82, 2.24) is 14.6 Å². The van der Waals surface area contributed by atoms with E-state index in [2.05, 4.69) is 15.4 Å². The lowest BCUT2D eigenvalue weighted by Crippen LogP contribution is -2.14. The summed E-state index contributed by atoms with van der Waals surface area (Å²) < 4.78 is 38.5. The van der Waals surface area contributed by atoms with Gasteiger partial charge in [-0.25, -0.2) is 9.50 Å². The normalized spacial score (nSPS) is 11.8. The van der Waals surface area contributed by atoms with E-state index in [-0.39, 0.29) is 11.3 Å². The van der Waals surface area contributed by atoms with E-state index in [0.29, 0.717) is 4.52 Å². The molecule has 0 aliphatic rings. The molecule has 0 fully saturated rings. The maximum absolute atomic E-state index is 12.6. The van der Waals surface area contributed by atoms with Crippen molar-refractivity contribution in [2.24, 2.45) is 0 Å². The molecule has 2 aromatic heterocycles. The smallest absolute Gasteiger partial charge is 0.323 e. The van der Waals surface area contributed by atoms with Gasteiger partial charge in [-0.15, -0.1) is 0 Å². The fourth-order valence-electron chi connectivity index (χ4n) is 1.41. The van der Waals surface area contributed by atoms with E-state index < -0.39 is 17.8 Å². The minimum Gasteiger partial charge on any atom is -0.323 e. The lowest BCUT2D eigenvalue weighted by molar-refractivity contribution is -0.142. The summed E-state index contributed by atoms with van der Waals surface area (Å²) in [5.41, 5.74) is -0.808. The van der Waals surface area contributed by atoms with E-state index in [1.807, 2.05) is 0 Å². The number of nitrogens with zero attached hydrogens (tertiary/aromatic N) is 3. The third kappa shape index (κ3) is 2.05. The Labute approximate surface area is 93.3 Å². The number of anilines is 1. The highest BCUT2D eigenvalue weighted by molar-refractivity contribution is 5.92. The highest BCUT2D eigenvalue weighted by atomic mass is 19.4. The van der Waals surface area contributed by atoms with Crippen molar-refractivity contribution < 1.29 is 18.0 Å². The summed E-state index contributed by atoms with van der Waals surface area (Å²) in [5.74, 6) is -0.394. The van der Waals surface area contributed by atoms with E-state index in [1.54, 1.807) is 0 Å². The molecule has 0 aliphatic heterocycles. The van der Waals surface area contributed by atoms with Crippen molar-refractivity contribution >= 4 is 17.2 Å². The standard InChI is InChI=1S/C9H7F3N4O/c1-5(17)15-6-2-3-7(9(10,11)12)16-8(6)13-4-14-16/h2-4H,1H3,(H,15,17). The highest BCUT2D eigenvalue weighted by Crippen LogP contribution is 2.30. The number of hydrogen-bond acceptors (Lipinski definition) is 3. The summed E-state index contributed by atoms with van der Waals surface area (Å²) in [7, 11) is 0. The summed E-state index contributed by atoms with van der Waals surface area (Å²) in [4.78, 5) is 14.6. The predicted molar refractivity (Wildman–Crippen MR) is 52.3 cm³/mol. The Bertz CT molecular complexity index is 575. The molecule has 90 valence electrons. The number of aromatic nitrogens is 3. The summed E-state index contributed by atoms with van der Waals surface area (Å²) >= 11 is 0. The number of hydrogen-bond donors (Lipinski definition) is 1. The zero-order valence-electron chi connectivity index (χ0n) is 8.62. The maximum atomic E-state index is 12.6. The van der Waals surface area contributed by atoms with E-state index in [4.69, 9.17) is 0 Å². The van der Waals surface area contributed by atoms with Crippen molar-refractivity contribution in [2.75, 3.05) is 5.32 Å². The van der Waals surface area contributed by atoms with E-state index in [9.17, 15) is 18.0 Å². The second kappa shape index (κ2) is 3.72. The number of halogens is 3. The summed E-state index contributed by atoms with van der Waals surface area (Å²) in [6, 6.07) is 1.99. The Morgan fingerprint density at radius 3 is 2.71 bits per heavy atom. The van der Waals surface area contributed by atoms with Crippen LogP contribution in [0.25, 0.3) is 5.65 Å². The molecule has 0 spiro atoms. The van der Waals surface area contributed by atoms with Gasteiger partial charge in [0.25, 0.3) is 0 Å². The van der Waals surface area contributed by atoms with Crippen LogP contribution in [0.2, 0.25) is 0 Å². The topological polar surface area (TPSA) is 59.3 Å². The molecule has 1 amide bonds. The number of rotatable bonds is 1. The van der Waals surface area contributed by atoms with Crippen LogP contribution >= 0.6 is 0 Å². The molecule has 1 N–H and O–H groups in total. The first-order chi connectivity index (χ1) is 7.89. The maximum Gasteiger partial charge on any atom is 0.433 e. The first kappa shape index (κ1) is 11.4.